The van der Waals surface area contributed by atoms with Gasteiger partial charge in [-0.1, -0.05) is 0 Å². The van der Waals surface area contributed by atoms with Crippen molar-refractivity contribution in [2.24, 2.45) is 0 Å². The smallest absolute Gasteiger partial charge is 0.264 e. The first kappa shape index (κ1) is 16.9. The minimum absolute atomic E-state index is 0.0445. The zero-order valence-electron chi connectivity index (χ0n) is 11.8. The van der Waals surface area contributed by atoms with Crippen molar-refractivity contribution in [3.05, 3.63) is 11.4 Å². The van der Waals surface area contributed by atoms with Crippen molar-refractivity contribution in [1.82, 2.24) is 15.1 Å². The number of amides is 1. The molecule has 1 aromatic rings. The van der Waals surface area contributed by atoms with Crippen LogP contribution in [0.3, 0.4) is 0 Å². The number of methoxy groups -OCH3 is 1. The lowest BCUT2D eigenvalue weighted by atomic mass is 10.3. The molecule has 1 heterocycles. The van der Waals surface area contributed by atoms with Crippen LogP contribution in [0.15, 0.2) is 4.90 Å². The van der Waals surface area contributed by atoms with Crippen LogP contribution in [0.5, 0.6) is 0 Å². The molecule has 20 heavy (non-hydrogen) atoms. The van der Waals surface area contributed by atoms with Crippen molar-refractivity contribution in [3.8, 4) is 0 Å². The summed E-state index contributed by atoms with van der Waals surface area (Å²) < 4.78 is 29.1. The summed E-state index contributed by atoms with van der Waals surface area (Å²) in [4.78, 5) is 11.8. The summed E-state index contributed by atoms with van der Waals surface area (Å²) >= 11 is 0. The Kier molecular flexibility index (Phi) is 5.55. The Morgan fingerprint density at radius 1 is 1.50 bits per heavy atom. The van der Waals surface area contributed by atoms with Crippen molar-refractivity contribution in [1.29, 1.82) is 0 Å². The Labute approximate surface area is 122 Å². The number of rotatable bonds is 6. The first-order valence-electron chi connectivity index (χ1n) is 5.93. The number of nitrogens with zero attached hydrogens (tertiary/aromatic N) is 2. The predicted octanol–water partition coefficient (Wildman–Crippen LogP) is 0.579. The van der Waals surface area contributed by atoms with Crippen LogP contribution >= 0.6 is 10.7 Å². The second-order valence-corrected chi connectivity index (χ2v) is 7.02. The van der Waals surface area contributed by atoms with Crippen LogP contribution in [-0.2, 0) is 25.1 Å². The van der Waals surface area contributed by atoms with Crippen molar-refractivity contribution in [2.45, 2.75) is 38.3 Å². The average molecular weight is 324 g/mol. The second-order valence-electron chi connectivity index (χ2n) is 4.52. The van der Waals surface area contributed by atoms with Crippen LogP contribution in [0.1, 0.15) is 18.3 Å². The molecule has 0 bridgehead atoms. The third-order valence-electron chi connectivity index (χ3n) is 2.68. The molecule has 0 fully saturated rings. The van der Waals surface area contributed by atoms with Crippen molar-refractivity contribution in [2.75, 3.05) is 13.7 Å². The van der Waals surface area contributed by atoms with Gasteiger partial charge in [-0.2, -0.15) is 5.10 Å². The fraction of sp³-hybridized carbons (Fsp3) is 0.636. The summed E-state index contributed by atoms with van der Waals surface area (Å²) in [6.07, 6.45) is 0. The summed E-state index contributed by atoms with van der Waals surface area (Å²) in [7, 11) is 3.02. The first-order valence-corrected chi connectivity index (χ1v) is 8.24. The van der Waals surface area contributed by atoms with Gasteiger partial charge >= 0.3 is 0 Å². The summed E-state index contributed by atoms with van der Waals surface area (Å²) in [6, 6.07) is -0.138. The zero-order valence-corrected chi connectivity index (χ0v) is 13.4. The lowest BCUT2D eigenvalue weighted by Gasteiger charge is -2.13. The van der Waals surface area contributed by atoms with Crippen molar-refractivity contribution >= 4 is 25.6 Å². The quantitative estimate of drug-likeness (QED) is 0.773. The number of carbonyl (C=O) groups is 1. The molecule has 0 saturated carbocycles. The van der Waals surface area contributed by atoms with Gasteiger partial charge in [-0.05, 0) is 20.8 Å². The number of halogens is 1. The van der Waals surface area contributed by atoms with Gasteiger partial charge in [-0.15, -0.1) is 0 Å². The molecule has 9 heteroatoms. The van der Waals surface area contributed by atoms with Crippen LogP contribution < -0.4 is 5.32 Å². The molecule has 0 spiro atoms. The first-order chi connectivity index (χ1) is 9.16. The summed E-state index contributed by atoms with van der Waals surface area (Å²) in [5.41, 5.74) is 0.613. The summed E-state index contributed by atoms with van der Waals surface area (Å²) in [6.45, 7) is 5.21. The molecule has 0 aliphatic carbocycles. The third kappa shape index (κ3) is 4.19. The molecular weight excluding hydrogens is 306 g/mol. The molecule has 1 unspecified atom stereocenters. The largest absolute Gasteiger partial charge is 0.383 e. The van der Waals surface area contributed by atoms with E-state index in [1.165, 1.54) is 11.6 Å². The van der Waals surface area contributed by atoms with Gasteiger partial charge < -0.3 is 10.1 Å². The van der Waals surface area contributed by atoms with Crippen LogP contribution in [-0.4, -0.2) is 43.9 Å². The molecule has 1 N–H and O–H groups in total. The van der Waals surface area contributed by atoms with Crippen molar-refractivity contribution < 1.29 is 17.9 Å². The molecule has 7 nitrogen and oxygen atoms in total. The minimum atomic E-state index is -3.87. The summed E-state index contributed by atoms with van der Waals surface area (Å²) in [5.74, 6) is -0.279. The van der Waals surface area contributed by atoms with E-state index in [9.17, 15) is 13.2 Å². The van der Waals surface area contributed by atoms with E-state index in [0.29, 0.717) is 12.3 Å². The molecule has 0 aromatic carbocycles. The Bertz CT molecular complexity index is 597. The average Bonchev–Trinajstić information content (AvgIpc) is 2.52. The molecule has 1 aromatic heterocycles. The maximum Gasteiger partial charge on any atom is 0.264 e. The van der Waals surface area contributed by atoms with Gasteiger partial charge in [0, 0.05) is 23.8 Å². The number of hydrogen-bond acceptors (Lipinski definition) is 5. The Morgan fingerprint density at radius 3 is 2.55 bits per heavy atom. The topological polar surface area (TPSA) is 90.3 Å². The molecule has 0 saturated heterocycles. The Hall–Kier alpha value is -1.12. The number of nitrogens with one attached hydrogen (secondary N) is 1. The van der Waals surface area contributed by atoms with E-state index >= 15 is 0 Å². The second kappa shape index (κ2) is 6.55. The van der Waals surface area contributed by atoms with Crippen LogP contribution in [0, 0.1) is 13.8 Å². The monoisotopic (exact) mass is 323 g/mol. The molecular formula is C11H18ClN3O4S. The number of aryl methyl sites for hydroxylation is 1. The molecule has 0 aliphatic rings. The fourth-order valence-corrected chi connectivity index (χ4v) is 3.46. The van der Waals surface area contributed by atoms with Gasteiger partial charge in [-0.3, -0.25) is 9.48 Å². The molecule has 0 radical (unpaired) electrons. The lowest BCUT2D eigenvalue weighted by Crippen LogP contribution is -2.38. The molecule has 1 amide bonds. The Balaban J connectivity index is 2.87. The Morgan fingerprint density at radius 2 is 2.10 bits per heavy atom. The summed E-state index contributed by atoms with van der Waals surface area (Å²) in [5, 5.41) is 6.75. The molecule has 0 aliphatic heterocycles. The highest BCUT2D eigenvalue weighted by Crippen LogP contribution is 2.22. The normalized spacial score (nSPS) is 13.2. The third-order valence-corrected chi connectivity index (χ3v) is 4.22. The highest BCUT2D eigenvalue weighted by molar-refractivity contribution is 8.13. The van der Waals surface area contributed by atoms with E-state index in [1.807, 2.05) is 0 Å². The molecule has 1 rings (SSSR count). The van der Waals surface area contributed by atoms with Crippen LogP contribution in [0.2, 0.25) is 0 Å². The SMILES string of the molecule is COCC(C)NC(=O)Cn1nc(C)c(S(=O)(=O)Cl)c1C. The highest BCUT2D eigenvalue weighted by Gasteiger charge is 2.23. The number of ether oxygens (including phenoxy) is 1. The minimum Gasteiger partial charge on any atom is -0.383 e. The van der Waals surface area contributed by atoms with E-state index < -0.39 is 9.05 Å². The maximum absolute atomic E-state index is 11.8. The van der Waals surface area contributed by atoms with E-state index in [1.54, 1.807) is 21.0 Å². The molecule has 1 atom stereocenters. The van der Waals surface area contributed by atoms with Crippen molar-refractivity contribution in [3.63, 3.8) is 0 Å². The molecule has 114 valence electrons. The van der Waals surface area contributed by atoms with Crippen LogP contribution in [0.4, 0.5) is 0 Å². The van der Waals surface area contributed by atoms with E-state index in [2.05, 4.69) is 10.4 Å². The van der Waals surface area contributed by atoms with Gasteiger partial charge in [0.05, 0.1) is 18.0 Å². The van der Waals surface area contributed by atoms with Gasteiger partial charge in [0.25, 0.3) is 9.05 Å². The van der Waals surface area contributed by atoms with E-state index in [4.69, 9.17) is 15.4 Å². The lowest BCUT2D eigenvalue weighted by molar-refractivity contribution is -0.122. The predicted molar refractivity (Wildman–Crippen MR) is 74.2 cm³/mol. The van der Waals surface area contributed by atoms with Gasteiger partial charge in [-0.25, -0.2) is 8.42 Å². The maximum atomic E-state index is 11.8. The van der Waals surface area contributed by atoms with Gasteiger partial charge in [0.1, 0.15) is 11.4 Å². The number of hydrogen-bond donors (Lipinski definition) is 1. The van der Waals surface area contributed by atoms with Gasteiger partial charge in [0.15, 0.2) is 0 Å². The zero-order chi connectivity index (χ0) is 15.5. The number of carbonyl (C=O) groups excluding carboxylic acids is 1. The number of aromatic nitrogens is 2. The highest BCUT2D eigenvalue weighted by atomic mass is 35.7. The van der Waals surface area contributed by atoms with E-state index in [0.717, 1.165) is 0 Å². The standard InChI is InChI=1S/C11H18ClN3O4S/c1-7(6-19-4)13-10(16)5-15-9(3)11(8(2)14-15)20(12,17)18/h7H,5-6H2,1-4H3,(H,13,16). The van der Waals surface area contributed by atoms with Gasteiger partial charge in [0.2, 0.25) is 5.91 Å². The van der Waals surface area contributed by atoms with Crippen LogP contribution in [0.25, 0.3) is 0 Å². The fourth-order valence-electron chi connectivity index (χ4n) is 1.94. The van der Waals surface area contributed by atoms with E-state index in [-0.39, 0.29) is 29.1 Å².